The van der Waals surface area contributed by atoms with Crippen LogP contribution in [0.25, 0.3) is 32.7 Å². The quantitative estimate of drug-likeness (QED) is 0.429. The molecule has 0 unspecified atom stereocenters. The number of rotatable bonds is 2. The Labute approximate surface area is 130 Å². The molecule has 4 aromatic rings. The first-order chi connectivity index (χ1) is 10.8. The Morgan fingerprint density at radius 1 is 0.818 bits per heavy atom. The SMILES string of the molecule is CCc1c(C)c2c(oc3cccc(CC)c32)c2ccccc12. The number of hydrogen-bond donors (Lipinski definition) is 0. The van der Waals surface area contributed by atoms with Crippen molar-refractivity contribution in [1.82, 2.24) is 0 Å². The fourth-order valence-corrected chi connectivity index (χ4v) is 3.81. The molecule has 0 aliphatic carbocycles. The van der Waals surface area contributed by atoms with E-state index in [0.717, 1.165) is 24.0 Å². The third-order valence-corrected chi connectivity index (χ3v) is 4.86. The van der Waals surface area contributed by atoms with Crippen molar-refractivity contribution < 1.29 is 4.42 Å². The van der Waals surface area contributed by atoms with Gasteiger partial charge in [0.25, 0.3) is 0 Å². The summed E-state index contributed by atoms with van der Waals surface area (Å²) in [5.41, 5.74) is 6.24. The van der Waals surface area contributed by atoms with Crippen LogP contribution in [0.3, 0.4) is 0 Å². The lowest BCUT2D eigenvalue weighted by molar-refractivity contribution is 0.672. The van der Waals surface area contributed by atoms with Crippen molar-refractivity contribution >= 4 is 32.7 Å². The summed E-state index contributed by atoms with van der Waals surface area (Å²) in [4.78, 5) is 0. The molecule has 3 aromatic carbocycles. The molecule has 0 amide bonds. The Balaban J connectivity index is 2.35. The van der Waals surface area contributed by atoms with E-state index >= 15 is 0 Å². The minimum absolute atomic E-state index is 1.01. The van der Waals surface area contributed by atoms with Gasteiger partial charge in [0.05, 0.1) is 0 Å². The highest BCUT2D eigenvalue weighted by atomic mass is 16.3. The summed E-state index contributed by atoms with van der Waals surface area (Å²) < 4.78 is 6.29. The first kappa shape index (κ1) is 13.4. The molecule has 0 radical (unpaired) electrons. The number of furan rings is 1. The molecule has 0 saturated carbocycles. The van der Waals surface area contributed by atoms with Crippen LogP contribution in [-0.2, 0) is 12.8 Å². The first-order valence-electron chi connectivity index (χ1n) is 8.10. The van der Waals surface area contributed by atoms with Gasteiger partial charge in [0.15, 0.2) is 0 Å². The fourth-order valence-electron chi connectivity index (χ4n) is 3.81. The van der Waals surface area contributed by atoms with Gasteiger partial charge >= 0.3 is 0 Å². The van der Waals surface area contributed by atoms with Crippen LogP contribution in [0.15, 0.2) is 46.9 Å². The van der Waals surface area contributed by atoms with Gasteiger partial charge in [-0.15, -0.1) is 0 Å². The summed E-state index contributed by atoms with van der Waals surface area (Å²) in [6, 6.07) is 15.0. The summed E-state index contributed by atoms with van der Waals surface area (Å²) in [6.07, 6.45) is 2.07. The minimum atomic E-state index is 1.01. The van der Waals surface area contributed by atoms with Gasteiger partial charge in [0.1, 0.15) is 11.2 Å². The molecule has 0 saturated heterocycles. The molecule has 0 bridgehead atoms. The van der Waals surface area contributed by atoms with Crippen molar-refractivity contribution in [2.24, 2.45) is 0 Å². The lowest BCUT2D eigenvalue weighted by Gasteiger charge is -2.11. The van der Waals surface area contributed by atoms with Crippen LogP contribution < -0.4 is 0 Å². The van der Waals surface area contributed by atoms with Crippen molar-refractivity contribution in [3.8, 4) is 0 Å². The number of hydrogen-bond acceptors (Lipinski definition) is 1. The van der Waals surface area contributed by atoms with Crippen molar-refractivity contribution in [2.45, 2.75) is 33.6 Å². The Morgan fingerprint density at radius 2 is 1.59 bits per heavy atom. The minimum Gasteiger partial charge on any atom is -0.455 e. The predicted molar refractivity (Wildman–Crippen MR) is 94.7 cm³/mol. The van der Waals surface area contributed by atoms with Gasteiger partial charge in [0.2, 0.25) is 0 Å². The van der Waals surface area contributed by atoms with E-state index in [-0.39, 0.29) is 0 Å². The lowest BCUT2D eigenvalue weighted by Crippen LogP contribution is -1.91. The molecule has 110 valence electrons. The number of benzene rings is 3. The summed E-state index contributed by atoms with van der Waals surface area (Å²) in [7, 11) is 0. The molecule has 22 heavy (non-hydrogen) atoms. The van der Waals surface area contributed by atoms with Gasteiger partial charge in [-0.2, -0.15) is 0 Å². The van der Waals surface area contributed by atoms with Crippen LogP contribution in [0.5, 0.6) is 0 Å². The smallest absolute Gasteiger partial charge is 0.143 e. The van der Waals surface area contributed by atoms with Crippen LogP contribution in [0, 0.1) is 6.92 Å². The van der Waals surface area contributed by atoms with Crippen molar-refractivity contribution in [1.29, 1.82) is 0 Å². The van der Waals surface area contributed by atoms with E-state index in [9.17, 15) is 0 Å². The Hall–Kier alpha value is -2.28. The average molecular weight is 288 g/mol. The Bertz CT molecular complexity index is 1000. The van der Waals surface area contributed by atoms with Gasteiger partial charge in [-0.3, -0.25) is 0 Å². The van der Waals surface area contributed by atoms with Gasteiger partial charge in [-0.1, -0.05) is 50.2 Å². The maximum absolute atomic E-state index is 6.29. The normalized spacial score (nSPS) is 11.8. The lowest BCUT2D eigenvalue weighted by atomic mass is 9.92. The highest BCUT2D eigenvalue weighted by molar-refractivity contribution is 6.18. The summed E-state index contributed by atoms with van der Waals surface area (Å²) in [6.45, 7) is 6.70. The van der Waals surface area contributed by atoms with E-state index in [4.69, 9.17) is 4.42 Å². The standard InChI is InChI=1S/C21H20O/c1-4-14-9-8-12-18-20(14)19-13(3)15(5-2)16-10-6-7-11-17(16)21(19)22-18/h6-12H,4-5H2,1-3H3. The van der Waals surface area contributed by atoms with Gasteiger partial charge < -0.3 is 4.42 Å². The highest BCUT2D eigenvalue weighted by Crippen LogP contribution is 2.40. The molecule has 0 spiro atoms. The largest absolute Gasteiger partial charge is 0.455 e. The predicted octanol–water partition coefficient (Wildman–Crippen LogP) is 6.17. The van der Waals surface area contributed by atoms with Gasteiger partial charge in [-0.05, 0) is 47.9 Å². The molecule has 4 rings (SSSR count). The van der Waals surface area contributed by atoms with E-state index in [2.05, 4.69) is 63.2 Å². The fraction of sp³-hybridized carbons (Fsp3) is 0.238. The third-order valence-electron chi connectivity index (χ3n) is 4.86. The molecular formula is C21H20O. The topological polar surface area (TPSA) is 13.1 Å². The molecule has 0 aliphatic rings. The van der Waals surface area contributed by atoms with Crippen LogP contribution in [0.4, 0.5) is 0 Å². The molecule has 1 nitrogen and oxygen atoms in total. The maximum atomic E-state index is 6.29. The number of fused-ring (bicyclic) bond motifs is 5. The average Bonchev–Trinajstić information content (AvgIpc) is 2.95. The second kappa shape index (κ2) is 4.88. The molecule has 0 N–H and O–H groups in total. The first-order valence-corrected chi connectivity index (χ1v) is 8.10. The Morgan fingerprint density at radius 3 is 2.32 bits per heavy atom. The van der Waals surface area contributed by atoms with Crippen LogP contribution in [0.1, 0.15) is 30.5 Å². The maximum Gasteiger partial charge on any atom is 0.143 e. The molecule has 1 heteroatoms. The van der Waals surface area contributed by atoms with Crippen LogP contribution in [0.2, 0.25) is 0 Å². The van der Waals surface area contributed by atoms with E-state index < -0.39 is 0 Å². The molecule has 1 aromatic heterocycles. The molecule has 0 fully saturated rings. The number of aryl methyl sites for hydroxylation is 3. The monoisotopic (exact) mass is 288 g/mol. The van der Waals surface area contributed by atoms with E-state index in [0.29, 0.717) is 0 Å². The molecule has 0 aliphatic heterocycles. The van der Waals surface area contributed by atoms with E-state index in [1.807, 2.05) is 0 Å². The van der Waals surface area contributed by atoms with Gasteiger partial charge in [0, 0.05) is 16.2 Å². The van der Waals surface area contributed by atoms with Gasteiger partial charge in [-0.25, -0.2) is 0 Å². The molecular weight excluding hydrogens is 268 g/mol. The third kappa shape index (κ3) is 1.65. The summed E-state index contributed by atoms with van der Waals surface area (Å²) in [5.74, 6) is 0. The van der Waals surface area contributed by atoms with E-state index in [1.54, 1.807) is 0 Å². The second-order valence-corrected chi connectivity index (χ2v) is 5.95. The van der Waals surface area contributed by atoms with Crippen LogP contribution >= 0.6 is 0 Å². The van der Waals surface area contributed by atoms with Crippen molar-refractivity contribution in [3.63, 3.8) is 0 Å². The zero-order valence-electron chi connectivity index (χ0n) is 13.4. The molecule has 1 heterocycles. The van der Waals surface area contributed by atoms with E-state index in [1.165, 1.54) is 38.2 Å². The highest BCUT2D eigenvalue weighted by Gasteiger charge is 2.18. The van der Waals surface area contributed by atoms with Crippen molar-refractivity contribution in [2.75, 3.05) is 0 Å². The molecule has 0 atom stereocenters. The summed E-state index contributed by atoms with van der Waals surface area (Å²) >= 11 is 0. The van der Waals surface area contributed by atoms with Crippen molar-refractivity contribution in [3.05, 3.63) is 59.2 Å². The zero-order chi connectivity index (χ0) is 15.3. The zero-order valence-corrected chi connectivity index (χ0v) is 13.4. The summed E-state index contributed by atoms with van der Waals surface area (Å²) in [5, 5.41) is 5.17. The van der Waals surface area contributed by atoms with Crippen LogP contribution in [-0.4, -0.2) is 0 Å². The Kier molecular flexibility index (Phi) is 2.97. The second-order valence-electron chi connectivity index (χ2n) is 5.95.